The van der Waals surface area contributed by atoms with Crippen LogP contribution in [0.4, 0.5) is 11.5 Å². The normalized spacial score (nSPS) is 10.1. The van der Waals surface area contributed by atoms with Gasteiger partial charge in [-0.15, -0.1) is 0 Å². The van der Waals surface area contributed by atoms with Crippen molar-refractivity contribution in [2.75, 3.05) is 30.9 Å². The minimum atomic E-state index is -0.374. The Kier molecular flexibility index (Phi) is 4.85. The maximum absolute atomic E-state index is 12.6. The fourth-order valence-electron chi connectivity index (χ4n) is 1.90. The molecule has 0 aliphatic rings. The molecule has 1 aromatic carbocycles. The molecule has 22 heavy (non-hydrogen) atoms. The third-order valence-corrected chi connectivity index (χ3v) is 3.05. The highest BCUT2D eigenvalue weighted by molar-refractivity contribution is 6.12. The van der Waals surface area contributed by atoms with Gasteiger partial charge < -0.3 is 16.0 Å². The lowest BCUT2D eigenvalue weighted by Gasteiger charge is -2.15. The Bertz CT molecular complexity index is 684. The Labute approximate surface area is 129 Å². The number of pyridine rings is 1. The first-order valence-corrected chi connectivity index (χ1v) is 6.81. The molecule has 0 aliphatic heterocycles. The summed E-state index contributed by atoms with van der Waals surface area (Å²) in [6.07, 6.45) is 0. The number of nitrogens with zero attached hydrogens (tertiary/aromatic N) is 2. The number of hydrogen-bond donors (Lipinski definition) is 2. The van der Waals surface area contributed by atoms with Crippen LogP contribution in [0.5, 0.6) is 0 Å². The van der Waals surface area contributed by atoms with Gasteiger partial charge in [-0.05, 0) is 12.1 Å². The van der Waals surface area contributed by atoms with E-state index in [1.807, 2.05) is 20.2 Å². The fraction of sp³-hybridized carbons (Fsp3) is 0.188. The maximum Gasteiger partial charge on any atom is 0.238 e. The first-order chi connectivity index (χ1) is 10.5. The number of nitrogens with two attached hydrogens (primary N) is 1. The van der Waals surface area contributed by atoms with Gasteiger partial charge in [0, 0.05) is 19.7 Å². The van der Waals surface area contributed by atoms with Gasteiger partial charge in [0.1, 0.15) is 11.5 Å². The van der Waals surface area contributed by atoms with E-state index in [1.165, 1.54) is 0 Å². The standard InChI is InChI=1S/C16H18N4O2/c1-20(2)13-9-8-12(18-14(21)10-17)15(19-13)16(22)11-6-4-3-5-7-11/h3-9H,10,17H2,1-2H3,(H,18,21). The maximum atomic E-state index is 12.6. The molecule has 1 aromatic heterocycles. The summed E-state index contributed by atoms with van der Waals surface area (Å²) in [5, 5.41) is 2.61. The van der Waals surface area contributed by atoms with Gasteiger partial charge >= 0.3 is 0 Å². The number of anilines is 2. The molecule has 0 spiro atoms. The van der Waals surface area contributed by atoms with Crippen LogP contribution in [0.2, 0.25) is 0 Å². The summed E-state index contributed by atoms with van der Waals surface area (Å²) < 4.78 is 0. The minimum absolute atomic E-state index is 0.158. The number of carbonyl (C=O) groups is 2. The fourth-order valence-corrected chi connectivity index (χ4v) is 1.90. The SMILES string of the molecule is CN(C)c1ccc(NC(=O)CN)c(C(=O)c2ccccc2)n1. The first kappa shape index (κ1) is 15.7. The Balaban J connectivity index is 2.47. The molecule has 3 N–H and O–H groups in total. The predicted octanol–water partition coefficient (Wildman–Crippen LogP) is 1.28. The number of amides is 1. The highest BCUT2D eigenvalue weighted by Crippen LogP contribution is 2.21. The average Bonchev–Trinajstić information content (AvgIpc) is 2.55. The molecule has 0 saturated carbocycles. The van der Waals surface area contributed by atoms with Crippen LogP contribution < -0.4 is 16.0 Å². The number of benzene rings is 1. The highest BCUT2D eigenvalue weighted by Gasteiger charge is 2.18. The van der Waals surface area contributed by atoms with Gasteiger partial charge in [0.2, 0.25) is 11.7 Å². The number of nitrogens with one attached hydrogen (secondary N) is 1. The molecule has 6 heteroatoms. The van der Waals surface area contributed by atoms with E-state index >= 15 is 0 Å². The van der Waals surface area contributed by atoms with E-state index in [0.29, 0.717) is 17.1 Å². The summed E-state index contributed by atoms with van der Waals surface area (Å²) in [7, 11) is 3.66. The predicted molar refractivity (Wildman–Crippen MR) is 86.1 cm³/mol. The lowest BCUT2D eigenvalue weighted by atomic mass is 10.1. The molecule has 0 radical (unpaired) electrons. The molecule has 0 fully saturated rings. The Hall–Kier alpha value is -2.73. The van der Waals surface area contributed by atoms with E-state index in [-0.39, 0.29) is 23.9 Å². The van der Waals surface area contributed by atoms with Crippen molar-refractivity contribution < 1.29 is 9.59 Å². The summed E-state index contributed by atoms with van der Waals surface area (Å²) in [6.45, 7) is -0.158. The molecule has 0 bridgehead atoms. The summed E-state index contributed by atoms with van der Waals surface area (Å²) in [6, 6.07) is 12.2. The molecule has 0 atom stereocenters. The third kappa shape index (κ3) is 3.48. The van der Waals surface area contributed by atoms with E-state index in [1.54, 1.807) is 41.3 Å². The molecule has 2 rings (SSSR count). The van der Waals surface area contributed by atoms with Crippen LogP contribution in [0.15, 0.2) is 42.5 Å². The number of ketones is 1. The summed E-state index contributed by atoms with van der Waals surface area (Å²) >= 11 is 0. The van der Waals surface area contributed by atoms with Crippen LogP contribution in [-0.2, 0) is 4.79 Å². The molecule has 0 unspecified atom stereocenters. The molecule has 6 nitrogen and oxygen atoms in total. The van der Waals surface area contributed by atoms with Crippen LogP contribution in [0.1, 0.15) is 16.1 Å². The molecular weight excluding hydrogens is 280 g/mol. The lowest BCUT2D eigenvalue weighted by molar-refractivity contribution is -0.114. The number of rotatable bonds is 5. The molecule has 1 amide bonds. The monoisotopic (exact) mass is 298 g/mol. The van der Waals surface area contributed by atoms with Crippen LogP contribution in [0, 0.1) is 0 Å². The number of carbonyl (C=O) groups excluding carboxylic acids is 2. The Morgan fingerprint density at radius 2 is 1.82 bits per heavy atom. The van der Waals surface area contributed by atoms with Crippen molar-refractivity contribution in [3.63, 3.8) is 0 Å². The van der Waals surface area contributed by atoms with Crippen LogP contribution in [0.25, 0.3) is 0 Å². The number of hydrogen-bond acceptors (Lipinski definition) is 5. The van der Waals surface area contributed by atoms with Gasteiger partial charge in [-0.2, -0.15) is 0 Å². The molecular formula is C16H18N4O2. The topological polar surface area (TPSA) is 88.3 Å². The van der Waals surface area contributed by atoms with Crippen molar-refractivity contribution in [1.82, 2.24) is 4.98 Å². The van der Waals surface area contributed by atoms with Crippen molar-refractivity contribution >= 4 is 23.2 Å². The van der Waals surface area contributed by atoms with Crippen molar-refractivity contribution in [3.8, 4) is 0 Å². The van der Waals surface area contributed by atoms with Gasteiger partial charge in [0.15, 0.2) is 0 Å². The minimum Gasteiger partial charge on any atom is -0.363 e. The van der Waals surface area contributed by atoms with E-state index in [2.05, 4.69) is 10.3 Å². The van der Waals surface area contributed by atoms with Gasteiger partial charge in [-0.3, -0.25) is 9.59 Å². The van der Waals surface area contributed by atoms with Crippen molar-refractivity contribution in [2.45, 2.75) is 0 Å². The number of aromatic nitrogens is 1. The van der Waals surface area contributed by atoms with Crippen molar-refractivity contribution in [1.29, 1.82) is 0 Å². The second-order valence-corrected chi connectivity index (χ2v) is 4.91. The zero-order valence-corrected chi connectivity index (χ0v) is 12.5. The molecule has 0 aliphatic carbocycles. The van der Waals surface area contributed by atoms with Gasteiger partial charge in [0.25, 0.3) is 0 Å². The zero-order chi connectivity index (χ0) is 16.1. The third-order valence-electron chi connectivity index (χ3n) is 3.05. The Morgan fingerprint density at radius 1 is 1.14 bits per heavy atom. The lowest BCUT2D eigenvalue weighted by Crippen LogP contribution is -2.24. The summed E-state index contributed by atoms with van der Waals surface area (Å²) in [5.74, 6) is 0.00293. The van der Waals surface area contributed by atoms with Crippen LogP contribution in [0.3, 0.4) is 0 Å². The van der Waals surface area contributed by atoms with E-state index < -0.39 is 0 Å². The van der Waals surface area contributed by atoms with Crippen LogP contribution in [-0.4, -0.2) is 37.3 Å². The van der Waals surface area contributed by atoms with Gasteiger partial charge in [-0.25, -0.2) is 4.98 Å². The zero-order valence-electron chi connectivity index (χ0n) is 12.5. The van der Waals surface area contributed by atoms with Crippen molar-refractivity contribution in [2.24, 2.45) is 5.73 Å². The summed E-state index contributed by atoms with van der Waals surface area (Å²) in [5.41, 5.74) is 6.37. The largest absolute Gasteiger partial charge is 0.363 e. The quantitative estimate of drug-likeness (QED) is 0.812. The molecule has 0 saturated heterocycles. The average molecular weight is 298 g/mol. The van der Waals surface area contributed by atoms with E-state index in [4.69, 9.17) is 5.73 Å². The van der Waals surface area contributed by atoms with Crippen LogP contribution >= 0.6 is 0 Å². The van der Waals surface area contributed by atoms with Crippen molar-refractivity contribution in [3.05, 3.63) is 53.7 Å². The van der Waals surface area contributed by atoms with Gasteiger partial charge in [0.05, 0.1) is 12.2 Å². The second kappa shape index (κ2) is 6.82. The van der Waals surface area contributed by atoms with Gasteiger partial charge in [-0.1, -0.05) is 30.3 Å². The summed E-state index contributed by atoms with van der Waals surface area (Å²) in [4.78, 5) is 30.3. The molecule has 114 valence electrons. The molecule has 2 aromatic rings. The Morgan fingerprint density at radius 3 is 2.41 bits per heavy atom. The second-order valence-electron chi connectivity index (χ2n) is 4.91. The smallest absolute Gasteiger partial charge is 0.238 e. The van der Waals surface area contributed by atoms with E-state index in [9.17, 15) is 9.59 Å². The van der Waals surface area contributed by atoms with E-state index in [0.717, 1.165) is 0 Å². The highest BCUT2D eigenvalue weighted by atomic mass is 16.2. The molecule has 1 heterocycles. The first-order valence-electron chi connectivity index (χ1n) is 6.81.